The van der Waals surface area contributed by atoms with Crippen LogP contribution in [-0.4, -0.2) is 27.8 Å². The molecule has 1 atom stereocenters. The summed E-state index contributed by atoms with van der Waals surface area (Å²) in [4.78, 5) is 4.56. The minimum absolute atomic E-state index is 0.0603. The number of hydrogen-bond donors (Lipinski definition) is 1. The van der Waals surface area contributed by atoms with Gasteiger partial charge in [-0.1, -0.05) is 12.1 Å². The molecule has 1 N–H and O–H groups in total. The van der Waals surface area contributed by atoms with Gasteiger partial charge in [0.15, 0.2) is 0 Å². The van der Waals surface area contributed by atoms with Crippen molar-refractivity contribution in [1.82, 2.24) is 14.9 Å². The summed E-state index contributed by atoms with van der Waals surface area (Å²) in [5.41, 5.74) is 1.97. The van der Waals surface area contributed by atoms with E-state index in [1.54, 1.807) is 0 Å². The normalized spacial score (nSPS) is 13.8. The second kappa shape index (κ2) is 5.92. The van der Waals surface area contributed by atoms with Crippen molar-refractivity contribution in [2.24, 2.45) is 0 Å². The number of benzene rings is 1. The van der Waals surface area contributed by atoms with Gasteiger partial charge in [-0.2, -0.15) is 0 Å². The average Bonchev–Trinajstić information content (AvgIpc) is 2.72. The second-order valence-corrected chi connectivity index (χ2v) is 6.19. The predicted molar refractivity (Wildman–Crippen MR) is 81.8 cm³/mol. The Morgan fingerprint density at radius 1 is 1.30 bits per heavy atom. The molecule has 3 nitrogen and oxygen atoms in total. The molecule has 0 saturated carbocycles. The largest absolute Gasteiger partial charge is 0.328 e. The number of nitrogens with one attached hydrogen (secondary N) is 1. The first-order chi connectivity index (χ1) is 9.40. The Morgan fingerprint density at radius 3 is 2.65 bits per heavy atom. The lowest BCUT2D eigenvalue weighted by molar-refractivity contribution is 0.279. The molecule has 0 radical (unpaired) electrons. The van der Waals surface area contributed by atoms with E-state index >= 15 is 0 Å². The van der Waals surface area contributed by atoms with Crippen LogP contribution in [0.25, 0.3) is 11.0 Å². The zero-order valence-electron chi connectivity index (χ0n) is 12.8. The van der Waals surface area contributed by atoms with Gasteiger partial charge in [0, 0.05) is 25.0 Å². The maximum Gasteiger partial charge on any atom is 0.120 e. The van der Waals surface area contributed by atoms with Crippen LogP contribution in [0.15, 0.2) is 24.3 Å². The topological polar surface area (TPSA) is 29.9 Å². The summed E-state index contributed by atoms with van der Waals surface area (Å²) in [6.07, 6.45) is -0.567. The number of imidazole rings is 1. The van der Waals surface area contributed by atoms with Crippen LogP contribution >= 0.6 is 0 Å². The van der Waals surface area contributed by atoms with E-state index in [0.717, 1.165) is 23.4 Å². The molecule has 2 rings (SSSR count). The predicted octanol–water partition coefficient (Wildman–Crippen LogP) is 3.32. The fourth-order valence-corrected chi connectivity index (χ4v) is 2.32. The van der Waals surface area contributed by atoms with E-state index < -0.39 is 6.17 Å². The van der Waals surface area contributed by atoms with Crippen molar-refractivity contribution in [3.05, 3.63) is 30.1 Å². The molecular formula is C16H24FN3. The highest BCUT2D eigenvalue weighted by Crippen LogP contribution is 2.17. The van der Waals surface area contributed by atoms with Crippen LogP contribution in [0.2, 0.25) is 0 Å². The van der Waals surface area contributed by atoms with E-state index in [2.05, 4.69) is 21.8 Å². The van der Waals surface area contributed by atoms with Crippen molar-refractivity contribution in [3.63, 3.8) is 0 Å². The summed E-state index contributed by atoms with van der Waals surface area (Å²) < 4.78 is 16.2. The minimum Gasteiger partial charge on any atom is -0.328 e. The summed E-state index contributed by atoms with van der Waals surface area (Å²) in [5.74, 6) is 0.830. The smallest absolute Gasteiger partial charge is 0.120 e. The molecule has 0 fully saturated rings. The molecule has 0 aliphatic rings. The standard InChI is InChI=1S/C16H24FN3/c1-5-20-14-9-7-6-8-13(14)19-15(20)10-12(17)11-18-16(2,3)4/h6-9,12,18H,5,10-11H2,1-4H3. The summed E-state index contributed by atoms with van der Waals surface area (Å²) in [6, 6.07) is 7.98. The summed E-state index contributed by atoms with van der Waals surface area (Å²) >= 11 is 0. The number of hydrogen-bond acceptors (Lipinski definition) is 2. The molecule has 0 aliphatic heterocycles. The van der Waals surface area contributed by atoms with Gasteiger partial charge in [-0.05, 0) is 39.8 Å². The van der Waals surface area contributed by atoms with Crippen LogP contribution in [0.1, 0.15) is 33.5 Å². The Bertz CT molecular complexity index is 569. The number of rotatable bonds is 5. The first-order valence-electron chi connectivity index (χ1n) is 7.24. The molecule has 0 spiro atoms. The Balaban J connectivity index is 2.13. The Kier molecular flexibility index (Phi) is 4.43. The monoisotopic (exact) mass is 277 g/mol. The third kappa shape index (κ3) is 3.57. The number of aryl methyl sites for hydroxylation is 1. The first kappa shape index (κ1) is 15.0. The van der Waals surface area contributed by atoms with Crippen molar-refractivity contribution in [1.29, 1.82) is 0 Å². The summed E-state index contributed by atoms with van der Waals surface area (Å²) in [7, 11) is 0. The van der Waals surface area contributed by atoms with Gasteiger partial charge in [0.05, 0.1) is 11.0 Å². The molecule has 20 heavy (non-hydrogen) atoms. The number of fused-ring (bicyclic) bond motifs is 1. The fourth-order valence-electron chi connectivity index (χ4n) is 2.32. The molecule has 0 aliphatic carbocycles. The van der Waals surface area contributed by atoms with Gasteiger partial charge in [0.25, 0.3) is 0 Å². The van der Waals surface area contributed by atoms with Crippen LogP contribution in [0, 0.1) is 0 Å². The molecule has 1 heterocycles. The molecule has 1 aromatic carbocycles. The van der Waals surface area contributed by atoms with E-state index in [0.29, 0.717) is 13.0 Å². The Hall–Kier alpha value is -1.42. The van der Waals surface area contributed by atoms with Gasteiger partial charge in [-0.3, -0.25) is 0 Å². The van der Waals surface area contributed by atoms with Gasteiger partial charge in [0.1, 0.15) is 12.0 Å². The van der Waals surface area contributed by atoms with Crippen molar-refractivity contribution in [3.8, 4) is 0 Å². The number of aromatic nitrogens is 2. The number of halogens is 1. The lowest BCUT2D eigenvalue weighted by atomic mass is 10.1. The molecular weight excluding hydrogens is 253 g/mol. The van der Waals surface area contributed by atoms with Gasteiger partial charge in [-0.15, -0.1) is 0 Å². The third-order valence-corrected chi connectivity index (χ3v) is 3.31. The van der Waals surface area contributed by atoms with Gasteiger partial charge >= 0.3 is 0 Å². The first-order valence-corrected chi connectivity index (χ1v) is 7.24. The molecule has 1 unspecified atom stereocenters. The van der Waals surface area contributed by atoms with Crippen LogP contribution in [0.3, 0.4) is 0 Å². The highest BCUT2D eigenvalue weighted by atomic mass is 19.1. The van der Waals surface area contributed by atoms with Crippen molar-refractivity contribution < 1.29 is 4.39 Å². The molecule has 110 valence electrons. The van der Waals surface area contributed by atoms with Crippen LogP contribution in [-0.2, 0) is 13.0 Å². The van der Waals surface area contributed by atoms with Crippen molar-refractivity contribution in [2.45, 2.75) is 52.4 Å². The van der Waals surface area contributed by atoms with E-state index in [1.165, 1.54) is 0 Å². The highest BCUT2D eigenvalue weighted by Gasteiger charge is 2.17. The number of alkyl halides is 1. The second-order valence-electron chi connectivity index (χ2n) is 6.19. The molecule has 2 aromatic rings. The molecule has 0 bridgehead atoms. The van der Waals surface area contributed by atoms with Crippen LogP contribution in [0.4, 0.5) is 4.39 Å². The number of nitrogens with zero attached hydrogens (tertiary/aromatic N) is 2. The van der Waals surface area contributed by atoms with Gasteiger partial charge < -0.3 is 9.88 Å². The van der Waals surface area contributed by atoms with Crippen LogP contribution in [0.5, 0.6) is 0 Å². The maximum atomic E-state index is 14.1. The van der Waals surface area contributed by atoms with Crippen LogP contribution < -0.4 is 5.32 Å². The SMILES string of the molecule is CCn1c(CC(F)CNC(C)(C)C)nc2ccccc21. The molecule has 0 amide bonds. The van der Waals surface area contributed by atoms with E-state index in [9.17, 15) is 4.39 Å². The summed E-state index contributed by atoms with van der Waals surface area (Å²) in [5, 5.41) is 3.20. The summed E-state index contributed by atoms with van der Waals surface area (Å²) in [6.45, 7) is 9.37. The van der Waals surface area contributed by atoms with Crippen molar-refractivity contribution in [2.75, 3.05) is 6.54 Å². The van der Waals surface area contributed by atoms with Gasteiger partial charge in [-0.25, -0.2) is 9.37 Å². The van der Waals surface area contributed by atoms with E-state index in [4.69, 9.17) is 0 Å². The zero-order chi connectivity index (χ0) is 14.8. The Labute approximate surface area is 120 Å². The maximum absolute atomic E-state index is 14.1. The fraction of sp³-hybridized carbons (Fsp3) is 0.562. The van der Waals surface area contributed by atoms with E-state index in [1.807, 2.05) is 45.0 Å². The number of para-hydroxylation sites is 2. The minimum atomic E-state index is -0.920. The quantitative estimate of drug-likeness (QED) is 0.908. The van der Waals surface area contributed by atoms with Gasteiger partial charge in [0.2, 0.25) is 0 Å². The molecule has 4 heteroatoms. The van der Waals surface area contributed by atoms with E-state index in [-0.39, 0.29) is 5.54 Å². The Morgan fingerprint density at radius 2 is 2.00 bits per heavy atom. The highest BCUT2D eigenvalue weighted by molar-refractivity contribution is 5.75. The third-order valence-electron chi connectivity index (χ3n) is 3.31. The molecule has 0 saturated heterocycles. The van der Waals surface area contributed by atoms with Crippen molar-refractivity contribution >= 4 is 11.0 Å². The lowest BCUT2D eigenvalue weighted by Gasteiger charge is -2.22. The average molecular weight is 277 g/mol. The lowest BCUT2D eigenvalue weighted by Crippen LogP contribution is -2.40. The molecule has 1 aromatic heterocycles. The zero-order valence-corrected chi connectivity index (χ0v) is 12.8.